The van der Waals surface area contributed by atoms with Crippen LogP contribution in [0.25, 0.3) is 0 Å². The second-order valence-electron chi connectivity index (χ2n) is 16.8. The molecule has 61 heavy (non-hydrogen) atoms. The lowest BCUT2D eigenvalue weighted by molar-refractivity contribution is -0.298. The van der Waals surface area contributed by atoms with Gasteiger partial charge in [0.05, 0.1) is 25.4 Å². The maximum atomic E-state index is 13.1. The van der Waals surface area contributed by atoms with Gasteiger partial charge in [0.2, 0.25) is 5.91 Å². The van der Waals surface area contributed by atoms with E-state index < -0.39 is 78.5 Å². The minimum absolute atomic E-state index is 0.222. The van der Waals surface area contributed by atoms with E-state index >= 15 is 0 Å². The largest absolute Gasteiger partial charge is 0.397 e. The molecule has 0 aliphatic carbocycles. The lowest BCUT2D eigenvalue weighted by Crippen LogP contribution is -2.61. The van der Waals surface area contributed by atoms with E-state index in [1.165, 1.54) is 115 Å². The average Bonchev–Trinajstić information content (AvgIpc) is 3.23. The Labute approximate surface area is 369 Å². The van der Waals surface area contributed by atoms with E-state index in [2.05, 4.69) is 47.7 Å². The number of ether oxygens (including phenoxy) is 2. The molecule has 1 fully saturated rings. The molecule has 0 spiro atoms. The number of carbonyl (C=O) groups is 1. The Bertz CT molecular complexity index is 1250. The molecule has 8 atom stereocenters. The van der Waals surface area contributed by atoms with Crippen molar-refractivity contribution in [1.82, 2.24) is 5.32 Å². The number of carbonyl (C=O) groups excluding carboxylic acids is 1. The van der Waals surface area contributed by atoms with Gasteiger partial charge < -0.3 is 40.3 Å². The van der Waals surface area contributed by atoms with Gasteiger partial charge in [0.25, 0.3) is 0 Å². The summed E-state index contributed by atoms with van der Waals surface area (Å²) in [6.07, 6.45) is 32.2. The van der Waals surface area contributed by atoms with Crippen molar-refractivity contribution in [1.29, 1.82) is 0 Å². The summed E-state index contributed by atoms with van der Waals surface area (Å²) in [5.74, 6) is -0.721. The van der Waals surface area contributed by atoms with E-state index in [1.54, 1.807) is 6.08 Å². The molecule has 1 amide bonds. The molecule has 0 radical (unpaired) electrons. The predicted octanol–water partition coefficient (Wildman–Crippen LogP) is 8.47. The molecule has 358 valence electrons. The fraction of sp³-hybridized carbons (Fsp3) is 0.851. The minimum Gasteiger partial charge on any atom is -0.394 e. The van der Waals surface area contributed by atoms with Gasteiger partial charge in [-0.2, -0.15) is 8.42 Å². The maximum Gasteiger partial charge on any atom is 0.397 e. The highest BCUT2D eigenvalue weighted by molar-refractivity contribution is 7.80. The van der Waals surface area contributed by atoms with Crippen molar-refractivity contribution in [3.8, 4) is 0 Å². The van der Waals surface area contributed by atoms with Crippen molar-refractivity contribution in [2.45, 2.75) is 243 Å². The SMILES string of the molecule is CCCCCCCCC/C=C\CCCCCCC(O)C(=O)NC(COC1OC(CO)C(O)C(OS(=O)(=O)O)C1O)C(O)/C=C/CC/C=C/CCCCCCCCCCCCC. The maximum absolute atomic E-state index is 13.1. The molecule has 8 unspecified atom stereocenters. The van der Waals surface area contributed by atoms with Gasteiger partial charge in [-0.1, -0.05) is 172 Å². The molecule has 1 saturated heterocycles. The highest BCUT2D eigenvalue weighted by atomic mass is 32.3. The van der Waals surface area contributed by atoms with Crippen LogP contribution < -0.4 is 5.32 Å². The van der Waals surface area contributed by atoms with Gasteiger partial charge in [0.15, 0.2) is 6.29 Å². The minimum atomic E-state index is -5.12. The summed E-state index contributed by atoms with van der Waals surface area (Å²) in [6, 6.07) is -1.14. The first-order chi connectivity index (χ1) is 29.4. The summed E-state index contributed by atoms with van der Waals surface area (Å²) in [6.45, 7) is 3.19. The van der Waals surface area contributed by atoms with Crippen LogP contribution in [0.4, 0.5) is 0 Å². The lowest BCUT2D eigenvalue weighted by atomic mass is 9.99. The molecule has 0 bridgehead atoms. The zero-order valence-electron chi connectivity index (χ0n) is 37.8. The third kappa shape index (κ3) is 30.1. The first-order valence-corrected chi connectivity index (χ1v) is 25.3. The first kappa shape index (κ1) is 57.3. The molecule has 13 nitrogen and oxygen atoms in total. The van der Waals surface area contributed by atoms with Crippen LogP contribution in [0.5, 0.6) is 0 Å². The second-order valence-corrected chi connectivity index (χ2v) is 17.9. The van der Waals surface area contributed by atoms with Gasteiger partial charge >= 0.3 is 10.4 Å². The molecule has 1 heterocycles. The Hall–Kier alpha value is -1.72. The molecule has 0 aromatic rings. The van der Waals surface area contributed by atoms with Crippen molar-refractivity contribution in [3.05, 3.63) is 36.5 Å². The highest BCUT2D eigenvalue weighted by Crippen LogP contribution is 2.26. The van der Waals surface area contributed by atoms with Gasteiger partial charge in [0.1, 0.15) is 30.5 Å². The predicted molar refractivity (Wildman–Crippen MR) is 242 cm³/mol. The van der Waals surface area contributed by atoms with Gasteiger partial charge in [-0.25, -0.2) is 4.18 Å². The summed E-state index contributed by atoms with van der Waals surface area (Å²) >= 11 is 0. The quantitative estimate of drug-likeness (QED) is 0.0175. The van der Waals surface area contributed by atoms with E-state index in [0.29, 0.717) is 12.8 Å². The van der Waals surface area contributed by atoms with E-state index in [0.717, 1.165) is 51.4 Å². The number of hydrogen-bond donors (Lipinski definition) is 7. The molecule has 1 rings (SSSR count). The average molecular weight is 890 g/mol. The number of amides is 1. The Balaban J connectivity index is 2.61. The zero-order valence-corrected chi connectivity index (χ0v) is 38.7. The molecule has 1 aliphatic rings. The van der Waals surface area contributed by atoms with Crippen LogP contribution in [0, 0.1) is 0 Å². The van der Waals surface area contributed by atoms with Crippen LogP contribution >= 0.6 is 0 Å². The van der Waals surface area contributed by atoms with Crippen molar-refractivity contribution in [3.63, 3.8) is 0 Å². The van der Waals surface area contributed by atoms with Crippen molar-refractivity contribution in [2.24, 2.45) is 0 Å². The number of rotatable bonds is 40. The Kier molecular flexibility index (Phi) is 35.4. The Morgan fingerprint density at radius 3 is 1.57 bits per heavy atom. The molecular formula is C47H87NO12S. The van der Waals surface area contributed by atoms with Gasteiger partial charge in [-0.05, 0) is 57.8 Å². The van der Waals surface area contributed by atoms with Gasteiger partial charge in [-0.15, -0.1) is 0 Å². The summed E-state index contributed by atoms with van der Waals surface area (Å²) in [7, 11) is -5.12. The fourth-order valence-corrected chi connectivity index (χ4v) is 7.92. The van der Waals surface area contributed by atoms with Crippen molar-refractivity contribution < 1.29 is 57.0 Å². The molecule has 1 aliphatic heterocycles. The summed E-state index contributed by atoms with van der Waals surface area (Å²) in [4.78, 5) is 13.1. The smallest absolute Gasteiger partial charge is 0.394 e. The number of nitrogens with one attached hydrogen (secondary N) is 1. The van der Waals surface area contributed by atoms with Crippen LogP contribution in [0.1, 0.15) is 194 Å². The van der Waals surface area contributed by atoms with E-state index in [1.807, 2.05) is 0 Å². The third-order valence-corrected chi connectivity index (χ3v) is 11.7. The number of aliphatic hydroxyl groups is 5. The topological polar surface area (TPSA) is 212 Å². The fourth-order valence-electron chi connectivity index (χ4n) is 7.41. The zero-order chi connectivity index (χ0) is 45.0. The van der Waals surface area contributed by atoms with E-state index in [4.69, 9.17) is 9.47 Å². The molecule has 0 aromatic heterocycles. The number of aliphatic hydroxyl groups excluding tert-OH is 5. The van der Waals surface area contributed by atoms with Crippen LogP contribution in [-0.4, -0.2) is 107 Å². The number of unbranched alkanes of at least 4 members (excludes halogenated alkanes) is 23. The molecular weight excluding hydrogens is 803 g/mol. The summed E-state index contributed by atoms with van der Waals surface area (Å²) < 4.78 is 47.5. The number of hydrogen-bond acceptors (Lipinski definition) is 11. The molecule has 14 heteroatoms. The molecule has 0 saturated carbocycles. The lowest BCUT2D eigenvalue weighted by Gasteiger charge is -2.41. The Morgan fingerprint density at radius 2 is 1.10 bits per heavy atom. The van der Waals surface area contributed by atoms with E-state index in [9.17, 15) is 43.3 Å². The van der Waals surface area contributed by atoms with E-state index in [-0.39, 0.29) is 6.42 Å². The van der Waals surface area contributed by atoms with Crippen molar-refractivity contribution in [2.75, 3.05) is 13.2 Å². The van der Waals surface area contributed by atoms with Gasteiger partial charge in [0, 0.05) is 0 Å². The van der Waals surface area contributed by atoms with Crippen LogP contribution in [0.3, 0.4) is 0 Å². The highest BCUT2D eigenvalue weighted by Gasteiger charge is 2.48. The third-order valence-electron chi connectivity index (χ3n) is 11.3. The first-order valence-electron chi connectivity index (χ1n) is 24.0. The molecule has 7 N–H and O–H groups in total. The van der Waals surface area contributed by atoms with Crippen LogP contribution in [0.15, 0.2) is 36.5 Å². The monoisotopic (exact) mass is 890 g/mol. The Morgan fingerprint density at radius 1 is 0.656 bits per heavy atom. The summed E-state index contributed by atoms with van der Waals surface area (Å²) in [5, 5.41) is 55.2. The summed E-state index contributed by atoms with van der Waals surface area (Å²) in [5.41, 5.74) is 0. The van der Waals surface area contributed by atoms with Gasteiger partial charge in [-0.3, -0.25) is 9.35 Å². The van der Waals surface area contributed by atoms with Crippen LogP contribution in [-0.2, 0) is 28.9 Å². The normalized spacial score (nSPS) is 21.5. The molecule has 0 aromatic carbocycles. The van der Waals surface area contributed by atoms with Crippen molar-refractivity contribution >= 4 is 16.3 Å². The second kappa shape index (κ2) is 37.6. The number of allylic oxidation sites excluding steroid dienone is 5. The standard InChI is InChI=1S/C47H87NO12S/c1-3-5-7-9-11-13-15-17-19-20-22-23-25-27-29-31-33-35-40(50)39(38-58-47-44(53)45(60-61(55,56)57)43(52)42(37-49)59-47)48-46(54)41(51)36-34-32-30-28-26-24-21-18-16-14-12-10-8-6-4-2/h21,24-25,27,33,35,39-45,47,49-53H,3-20,22-23,26,28-32,34,36-38H2,1-2H3,(H,48,54)(H,55,56,57)/b24-21-,27-25+,35-33+. The van der Waals surface area contributed by atoms with Crippen LogP contribution in [0.2, 0.25) is 0 Å².